The molecule has 0 aliphatic carbocycles. The Kier molecular flexibility index (Phi) is 5.09. The number of carbonyl (C=O) groups excluding carboxylic acids is 1. The van der Waals surface area contributed by atoms with Gasteiger partial charge in [-0.05, 0) is 17.7 Å². The fourth-order valence-electron chi connectivity index (χ4n) is 1.96. The summed E-state index contributed by atoms with van der Waals surface area (Å²) in [6.45, 7) is 1.60. The normalized spacial score (nSPS) is 18.3. The summed E-state index contributed by atoms with van der Waals surface area (Å²) in [6, 6.07) is 7.42. The van der Waals surface area contributed by atoms with Crippen LogP contribution in [0.2, 0.25) is 0 Å². The first-order valence-electron chi connectivity index (χ1n) is 5.90. The van der Waals surface area contributed by atoms with Crippen molar-refractivity contribution in [3.8, 4) is 0 Å². The monoisotopic (exact) mass is 345 g/mol. The first kappa shape index (κ1) is 14.6. The largest absolute Gasteiger partial charge is 0.760 e. The van der Waals surface area contributed by atoms with Gasteiger partial charge in [0.25, 0.3) is 5.91 Å². The summed E-state index contributed by atoms with van der Waals surface area (Å²) >= 11 is 1.17. The van der Waals surface area contributed by atoms with E-state index in [4.69, 9.17) is 0 Å². The van der Waals surface area contributed by atoms with Gasteiger partial charge in [0, 0.05) is 48.3 Å². The van der Waals surface area contributed by atoms with Crippen molar-refractivity contribution in [2.45, 2.75) is 5.33 Å². The number of benzene rings is 1. The minimum Gasteiger partial charge on any atom is -0.760 e. The molecule has 1 aliphatic rings. The van der Waals surface area contributed by atoms with E-state index < -0.39 is 11.3 Å². The number of carbonyl (C=O) groups is 1. The molecule has 7 heteroatoms. The Hall–Kier alpha value is -0.760. The third-order valence-corrected chi connectivity index (χ3v) is 4.53. The van der Waals surface area contributed by atoms with Crippen molar-refractivity contribution in [1.29, 1.82) is 0 Å². The third kappa shape index (κ3) is 3.62. The van der Waals surface area contributed by atoms with Crippen molar-refractivity contribution in [1.82, 2.24) is 9.21 Å². The molecule has 5 nitrogen and oxygen atoms in total. The van der Waals surface area contributed by atoms with Gasteiger partial charge in [0.1, 0.15) is 0 Å². The fourth-order valence-corrected chi connectivity index (χ4v) is 2.79. The van der Waals surface area contributed by atoms with Crippen molar-refractivity contribution < 1.29 is 13.6 Å². The van der Waals surface area contributed by atoms with E-state index >= 15 is 0 Å². The first-order valence-corrected chi connectivity index (χ1v) is 8.05. The highest BCUT2D eigenvalue weighted by atomic mass is 79.9. The van der Waals surface area contributed by atoms with Gasteiger partial charge in [0.15, 0.2) is 0 Å². The van der Waals surface area contributed by atoms with Crippen LogP contribution < -0.4 is 0 Å². The van der Waals surface area contributed by atoms with Gasteiger partial charge < -0.3 is 9.45 Å². The van der Waals surface area contributed by atoms with Crippen molar-refractivity contribution in [2.24, 2.45) is 0 Å². The van der Waals surface area contributed by atoms with Crippen LogP contribution >= 0.6 is 15.9 Å². The summed E-state index contributed by atoms with van der Waals surface area (Å²) in [5, 5.41) is 0.759. The number of alkyl halides is 1. The minimum absolute atomic E-state index is 0.0440. The maximum atomic E-state index is 12.2. The van der Waals surface area contributed by atoms with E-state index in [0.29, 0.717) is 31.7 Å². The summed E-state index contributed by atoms with van der Waals surface area (Å²) in [5.41, 5.74) is 1.75. The molecule has 0 aromatic heterocycles. The van der Waals surface area contributed by atoms with Crippen LogP contribution in [0.4, 0.5) is 0 Å². The lowest BCUT2D eigenvalue weighted by atomic mass is 10.1. The zero-order chi connectivity index (χ0) is 13.8. The molecule has 0 bridgehead atoms. The van der Waals surface area contributed by atoms with Crippen LogP contribution in [0.1, 0.15) is 15.9 Å². The number of hydrogen-bond acceptors (Lipinski definition) is 3. The molecule has 1 aromatic carbocycles. The highest BCUT2D eigenvalue weighted by molar-refractivity contribution is 9.08. The van der Waals surface area contributed by atoms with Gasteiger partial charge in [0.05, 0.1) is 0 Å². The van der Waals surface area contributed by atoms with Crippen LogP contribution in [-0.4, -0.2) is 50.1 Å². The second kappa shape index (κ2) is 6.60. The van der Waals surface area contributed by atoms with Gasteiger partial charge >= 0.3 is 0 Å². The smallest absolute Gasteiger partial charge is 0.253 e. The lowest BCUT2D eigenvalue weighted by molar-refractivity contribution is 0.0696. The molecule has 1 aromatic rings. The summed E-state index contributed by atoms with van der Waals surface area (Å²) in [4.78, 5) is 13.9. The van der Waals surface area contributed by atoms with Crippen LogP contribution in [0.3, 0.4) is 0 Å². The van der Waals surface area contributed by atoms with E-state index in [0.717, 1.165) is 10.9 Å². The molecule has 0 spiro atoms. The van der Waals surface area contributed by atoms with Gasteiger partial charge in [-0.1, -0.05) is 28.1 Å². The second-order valence-corrected chi connectivity index (χ2v) is 5.78. The van der Waals surface area contributed by atoms with E-state index in [-0.39, 0.29) is 5.91 Å². The average Bonchev–Trinajstić information content (AvgIpc) is 2.46. The average molecular weight is 346 g/mol. The molecule has 1 unspecified atom stereocenters. The molecule has 1 heterocycles. The Bertz CT molecular complexity index is 472. The number of halogens is 1. The maximum Gasteiger partial charge on any atom is 0.253 e. The van der Waals surface area contributed by atoms with Crippen LogP contribution in [-0.2, 0) is 16.6 Å². The number of amides is 1. The van der Waals surface area contributed by atoms with E-state index in [1.54, 1.807) is 17.0 Å². The second-order valence-electron chi connectivity index (χ2n) is 4.27. The molecular formula is C12H14BrN2O3S-. The first-order chi connectivity index (χ1) is 9.11. The quantitative estimate of drug-likeness (QED) is 0.609. The molecule has 2 rings (SSSR count). The van der Waals surface area contributed by atoms with Crippen LogP contribution in [0, 0.1) is 0 Å². The predicted octanol–water partition coefficient (Wildman–Crippen LogP) is 1.13. The van der Waals surface area contributed by atoms with Gasteiger partial charge in [0.2, 0.25) is 0 Å². The lowest BCUT2D eigenvalue weighted by Gasteiger charge is -2.35. The summed E-state index contributed by atoms with van der Waals surface area (Å²) in [5.74, 6) is -0.0440. The van der Waals surface area contributed by atoms with E-state index in [1.165, 1.54) is 4.31 Å². The van der Waals surface area contributed by atoms with Crippen LogP contribution in [0.25, 0.3) is 0 Å². The number of hydrogen-bond donors (Lipinski definition) is 0. The topological polar surface area (TPSA) is 63.7 Å². The zero-order valence-electron chi connectivity index (χ0n) is 10.3. The Balaban J connectivity index is 1.98. The maximum absolute atomic E-state index is 12.2. The van der Waals surface area contributed by atoms with E-state index in [1.807, 2.05) is 12.1 Å². The Morgan fingerprint density at radius 3 is 2.26 bits per heavy atom. The minimum atomic E-state index is -2.19. The molecule has 0 saturated carbocycles. The number of nitrogens with zero attached hydrogens (tertiary/aromatic N) is 2. The molecule has 1 fully saturated rings. The molecule has 1 atom stereocenters. The highest BCUT2D eigenvalue weighted by Gasteiger charge is 2.22. The Morgan fingerprint density at radius 1 is 1.21 bits per heavy atom. The van der Waals surface area contributed by atoms with E-state index in [2.05, 4.69) is 15.9 Å². The van der Waals surface area contributed by atoms with Crippen molar-refractivity contribution in [2.75, 3.05) is 26.2 Å². The molecule has 1 aliphatic heterocycles. The molecule has 1 saturated heterocycles. The fraction of sp³-hybridized carbons (Fsp3) is 0.417. The molecule has 1 amide bonds. The third-order valence-electron chi connectivity index (χ3n) is 3.09. The van der Waals surface area contributed by atoms with Crippen molar-refractivity contribution in [3.63, 3.8) is 0 Å². The number of rotatable bonds is 3. The van der Waals surface area contributed by atoms with Crippen LogP contribution in [0.5, 0.6) is 0 Å². The van der Waals surface area contributed by atoms with E-state index in [9.17, 15) is 13.6 Å². The summed E-state index contributed by atoms with van der Waals surface area (Å²) in [7, 11) is 0. The SMILES string of the molecule is O=C(c1ccc(CBr)cc1)N1CCN(S(=O)[O-])CC1. The molecular weight excluding hydrogens is 332 g/mol. The lowest BCUT2D eigenvalue weighted by Crippen LogP contribution is -2.49. The molecule has 19 heavy (non-hydrogen) atoms. The Labute approximate surface area is 123 Å². The molecule has 104 valence electrons. The van der Waals surface area contributed by atoms with Gasteiger partial charge in [-0.3, -0.25) is 9.00 Å². The van der Waals surface area contributed by atoms with Crippen molar-refractivity contribution >= 4 is 33.1 Å². The van der Waals surface area contributed by atoms with Gasteiger partial charge in [-0.25, -0.2) is 4.31 Å². The Morgan fingerprint density at radius 2 is 1.79 bits per heavy atom. The summed E-state index contributed by atoms with van der Waals surface area (Å²) < 4.78 is 22.9. The number of piperazine rings is 1. The predicted molar refractivity (Wildman–Crippen MR) is 75.5 cm³/mol. The zero-order valence-corrected chi connectivity index (χ0v) is 12.7. The van der Waals surface area contributed by atoms with Gasteiger partial charge in [-0.15, -0.1) is 0 Å². The van der Waals surface area contributed by atoms with Crippen molar-refractivity contribution in [3.05, 3.63) is 35.4 Å². The van der Waals surface area contributed by atoms with Gasteiger partial charge in [-0.2, -0.15) is 0 Å². The standard InChI is InChI=1S/C12H15BrN2O3S/c13-9-10-1-3-11(4-2-10)12(16)14-5-7-15(8-6-14)19(17)18/h1-4H,5-9H2,(H,17,18)/p-1. The summed E-state index contributed by atoms with van der Waals surface area (Å²) in [6.07, 6.45) is 0. The molecule has 0 radical (unpaired) electrons. The molecule has 0 N–H and O–H groups in total. The highest BCUT2D eigenvalue weighted by Crippen LogP contribution is 2.12. The van der Waals surface area contributed by atoms with Crippen LogP contribution in [0.15, 0.2) is 24.3 Å².